The SMILES string of the molecule is CCN(C)C(=O)c1cc(-c2cc(OC)c(OC)c(OC)c2)nc2ccccc12. The monoisotopic (exact) mass is 380 g/mol. The van der Waals surface area contributed by atoms with E-state index in [1.165, 1.54) is 0 Å². The van der Waals surface area contributed by atoms with Crippen LogP contribution in [0.2, 0.25) is 0 Å². The van der Waals surface area contributed by atoms with Gasteiger partial charge >= 0.3 is 0 Å². The molecule has 146 valence electrons. The van der Waals surface area contributed by atoms with Crippen LogP contribution in [0.15, 0.2) is 42.5 Å². The number of carbonyl (C=O) groups is 1. The van der Waals surface area contributed by atoms with E-state index >= 15 is 0 Å². The van der Waals surface area contributed by atoms with Gasteiger partial charge in [0.1, 0.15) is 0 Å². The first kappa shape index (κ1) is 19.5. The maximum Gasteiger partial charge on any atom is 0.254 e. The molecule has 0 saturated heterocycles. The van der Waals surface area contributed by atoms with Gasteiger partial charge < -0.3 is 19.1 Å². The number of nitrogens with zero attached hydrogens (tertiary/aromatic N) is 2. The summed E-state index contributed by atoms with van der Waals surface area (Å²) in [7, 11) is 6.49. The van der Waals surface area contributed by atoms with Crippen molar-refractivity contribution < 1.29 is 19.0 Å². The van der Waals surface area contributed by atoms with Crippen LogP contribution in [0, 0.1) is 0 Å². The molecule has 28 heavy (non-hydrogen) atoms. The Hall–Kier alpha value is -3.28. The van der Waals surface area contributed by atoms with Gasteiger partial charge in [-0.15, -0.1) is 0 Å². The molecule has 0 atom stereocenters. The van der Waals surface area contributed by atoms with Crippen molar-refractivity contribution in [1.82, 2.24) is 9.88 Å². The molecule has 0 aliphatic heterocycles. The molecule has 0 aliphatic rings. The van der Waals surface area contributed by atoms with Crippen molar-refractivity contribution >= 4 is 16.8 Å². The third-order valence-corrected chi connectivity index (χ3v) is 4.73. The van der Waals surface area contributed by atoms with E-state index in [2.05, 4.69) is 0 Å². The summed E-state index contributed by atoms with van der Waals surface area (Å²) in [5.41, 5.74) is 2.79. The Labute approximate surface area is 164 Å². The van der Waals surface area contributed by atoms with Gasteiger partial charge in [-0.1, -0.05) is 18.2 Å². The molecule has 2 aromatic carbocycles. The van der Waals surface area contributed by atoms with E-state index in [0.717, 1.165) is 16.5 Å². The third-order valence-electron chi connectivity index (χ3n) is 4.73. The Bertz CT molecular complexity index is 992. The Morgan fingerprint density at radius 3 is 2.21 bits per heavy atom. The summed E-state index contributed by atoms with van der Waals surface area (Å²) in [6, 6.07) is 13.1. The Kier molecular flexibility index (Phi) is 5.68. The summed E-state index contributed by atoms with van der Waals surface area (Å²) in [6.07, 6.45) is 0. The summed E-state index contributed by atoms with van der Waals surface area (Å²) >= 11 is 0. The molecule has 0 unspecified atom stereocenters. The average Bonchev–Trinajstić information content (AvgIpc) is 2.75. The normalized spacial score (nSPS) is 10.6. The molecule has 0 fully saturated rings. The van der Waals surface area contributed by atoms with Gasteiger partial charge in [-0.2, -0.15) is 0 Å². The molecule has 0 aliphatic carbocycles. The lowest BCUT2D eigenvalue weighted by Gasteiger charge is -2.18. The molecule has 0 N–H and O–H groups in total. The second kappa shape index (κ2) is 8.17. The number of hydrogen-bond acceptors (Lipinski definition) is 5. The molecule has 0 bridgehead atoms. The number of amides is 1. The van der Waals surface area contributed by atoms with Crippen LogP contribution in [0.5, 0.6) is 17.2 Å². The maximum atomic E-state index is 12.9. The lowest BCUT2D eigenvalue weighted by Crippen LogP contribution is -2.26. The van der Waals surface area contributed by atoms with Crippen LogP contribution in [-0.4, -0.2) is 50.7 Å². The zero-order chi connectivity index (χ0) is 20.3. The van der Waals surface area contributed by atoms with E-state index in [0.29, 0.717) is 35.1 Å². The summed E-state index contributed by atoms with van der Waals surface area (Å²) < 4.78 is 16.3. The number of hydrogen-bond donors (Lipinski definition) is 0. The van der Waals surface area contributed by atoms with Crippen molar-refractivity contribution in [1.29, 1.82) is 0 Å². The summed E-state index contributed by atoms with van der Waals surface area (Å²) in [6.45, 7) is 2.57. The smallest absolute Gasteiger partial charge is 0.254 e. The minimum atomic E-state index is -0.0465. The molecule has 1 aromatic heterocycles. The second-order valence-electron chi connectivity index (χ2n) is 6.31. The molecule has 6 heteroatoms. The highest BCUT2D eigenvalue weighted by Crippen LogP contribution is 2.41. The number of methoxy groups -OCH3 is 3. The lowest BCUT2D eigenvalue weighted by molar-refractivity contribution is 0.0804. The van der Waals surface area contributed by atoms with Gasteiger partial charge in [0.2, 0.25) is 5.75 Å². The molecule has 6 nitrogen and oxygen atoms in total. The summed E-state index contributed by atoms with van der Waals surface area (Å²) in [4.78, 5) is 19.4. The first-order chi connectivity index (χ1) is 13.5. The van der Waals surface area contributed by atoms with Gasteiger partial charge in [0.05, 0.1) is 38.1 Å². The van der Waals surface area contributed by atoms with E-state index < -0.39 is 0 Å². The number of carbonyl (C=O) groups excluding carboxylic acids is 1. The van der Waals surface area contributed by atoms with Crippen molar-refractivity contribution in [2.75, 3.05) is 34.9 Å². The Balaban J connectivity index is 2.26. The molecule has 1 amide bonds. The Morgan fingerprint density at radius 1 is 1.00 bits per heavy atom. The second-order valence-corrected chi connectivity index (χ2v) is 6.31. The molecule has 0 saturated carbocycles. The van der Waals surface area contributed by atoms with Crippen LogP contribution < -0.4 is 14.2 Å². The van der Waals surface area contributed by atoms with E-state index in [1.807, 2.05) is 49.4 Å². The van der Waals surface area contributed by atoms with Gasteiger partial charge in [-0.3, -0.25) is 4.79 Å². The predicted octanol–water partition coefficient (Wildman–Crippen LogP) is 4.02. The zero-order valence-corrected chi connectivity index (χ0v) is 16.8. The third kappa shape index (κ3) is 3.45. The molecule has 3 rings (SSSR count). The van der Waals surface area contributed by atoms with Crippen molar-refractivity contribution in [3.05, 3.63) is 48.0 Å². The fourth-order valence-corrected chi connectivity index (χ4v) is 3.08. The van der Waals surface area contributed by atoms with Crippen molar-refractivity contribution in [2.24, 2.45) is 0 Å². The van der Waals surface area contributed by atoms with E-state index in [-0.39, 0.29) is 5.91 Å². The highest BCUT2D eigenvalue weighted by atomic mass is 16.5. The number of aromatic nitrogens is 1. The summed E-state index contributed by atoms with van der Waals surface area (Å²) in [5, 5.41) is 0.823. The van der Waals surface area contributed by atoms with Crippen LogP contribution in [0.4, 0.5) is 0 Å². The first-order valence-corrected chi connectivity index (χ1v) is 8.99. The van der Waals surface area contributed by atoms with Gasteiger partial charge in [0.25, 0.3) is 5.91 Å². The largest absolute Gasteiger partial charge is 0.493 e. The van der Waals surface area contributed by atoms with Gasteiger partial charge in [0, 0.05) is 24.5 Å². The van der Waals surface area contributed by atoms with Crippen LogP contribution in [0.1, 0.15) is 17.3 Å². The molecule has 0 spiro atoms. The number of pyridine rings is 1. The van der Waals surface area contributed by atoms with Crippen LogP contribution >= 0.6 is 0 Å². The van der Waals surface area contributed by atoms with Crippen molar-refractivity contribution in [3.63, 3.8) is 0 Å². The fraction of sp³-hybridized carbons (Fsp3) is 0.273. The molecular formula is C22H24N2O4. The Morgan fingerprint density at radius 2 is 1.64 bits per heavy atom. The molecule has 0 radical (unpaired) electrons. The number of rotatable bonds is 6. The number of ether oxygens (including phenoxy) is 3. The van der Waals surface area contributed by atoms with Crippen LogP contribution in [-0.2, 0) is 0 Å². The van der Waals surface area contributed by atoms with Gasteiger partial charge in [-0.05, 0) is 31.2 Å². The molecule has 1 heterocycles. The van der Waals surface area contributed by atoms with Crippen molar-refractivity contribution in [3.8, 4) is 28.5 Å². The molecular weight excluding hydrogens is 356 g/mol. The molecule has 3 aromatic rings. The predicted molar refractivity (Wildman–Crippen MR) is 109 cm³/mol. The van der Waals surface area contributed by atoms with Crippen LogP contribution in [0.25, 0.3) is 22.2 Å². The topological polar surface area (TPSA) is 60.9 Å². The minimum Gasteiger partial charge on any atom is -0.493 e. The average molecular weight is 380 g/mol. The zero-order valence-electron chi connectivity index (χ0n) is 16.8. The van der Waals surface area contributed by atoms with E-state index in [9.17, 15) is 4.79 Å². The van der Waals surface area contributed by atoms with E-state index in [4.69, 9.17) is 19.2 Å². The lowest BCUT2D eigenvalue weighted by atomic mass is 10.0. The van der Waals surface area contributed by atoms with E-state index in [1.54, 1.807) is 33.3 Å². The quantitative estimate of drug-likeness (QED) is 0.646. The highest BCUT2D eigenvalue weighted by Gasteiger charge is 2.19. The summed E-state index contributed by atoms with van der Waals surface area (Å²) in [5.74, 6) is 1.53. The maximum absolute atomic E-state index is 12.9. The number of para-hydroxylation sites is 1. The fourth-order valence-electron chi connectivity index (χ4n) is 3.08. The van der Waals surface area contributed by atoms with Crippen LogP contribution in [0.3, 0.4) is 0 Å². The first-order valence-electron chi connectivity index (χ1n) is 8.99. The number of fused-ring (bicyclic) bond motifs is 1. The number of benzene rings is 2. The van der Waals surface area contributed by atoms with Gasteiger partial charge in [0.15, 0.2) is 11.5 Å². The minimum absolute atomic E-state index is 0.0465. The standard InChI is InChI=1S/C22H24N2O4/c1-6-24(2)22(25)16-13-18(23-17-10-8-7-9-15(16)17)14-11-19(26-3)21(28-5)20(12-14)27-4/h7-13H,6H2,1-5H3. The highest BCUT2D eigenvalue weighted by molar-refractivity contribution is 6.07. The van der Waals surface area contributed by atoms with Gasteiger partial charge in [-0.25, -0.2) is 4.98 Å². The van der Waals surface area contributed by atoms with Crippen molar-refractivity contribution in [2.45, 2.75) is 6.92 Å².